The number of hydrogen-bond donors (Lipinski definition) is 1. The molecule has 0 radical (unpaired) electrons. The van der Waals surface area contributed by atoms with Crippen LogP contribution in [0.1, 0.15) is 11.1 Å². The molecular weight excluding hydrogens is 340 g/mol. The Kier molecular flexibility index (Phi) is 5.35. The van der Waals surface area contributed by atoms with Crippen LogP contribution in [0.4, 0.5) is 5.82 Å². The van der Waals surface area contributed by atoms with E-state index in [1.807, 2.05) is 37.3 Å². The summed E-state index contributed by atoms with van der Waals surface area (Å²) in [5.41, 5.74) is 2.92. The van der Waals surface area contributed by atoms with E-state index in [0.29, 0.717) is 18.0 Å². The number of benzene rings is 2. The number of rotatable bonds is 7. The van der Waals surface area contributed by atoms with Gasteiger partial charge in [0, 0.05) is 7.11 Å². The molecule has 2 aromatic carbocycles. The number of nitrogens with one attached hydrogen (secondary N) is 1. The maximum Gasteiger partial charge on any atom is 0.187 e. The molecule has 25 heavy (non-hydrogen) atoms. The second-order valence-electron chi connectivity index (χ2n) is 5.43. The Bertz CT molecular complexity index is 857. The van der Waals surface area contributed by atoms with Gasteiger partial charge in [0.15, 0.2) is 11.4 Å². The predicted molar refractivity (Wildman–Crippen MR) is 98.5 cm³/mol. The van der Waals surface area contributed by atoms with Crippen LogP contribution in [0, 0.1) is 6.92 Å². The highest BCUT2D eigenvalue weighted by Gasteiger charge is 2.15. The smallest absolute Gasteiger partial charge is 0.187 e. The molecule has 0 bridgehead atoms. The summed E-state index contributed by atoms with van der Waals surface area (Å²) >= 11 is 1.37. The minimum atomic E-state index is 0.540. The lowest BCUT2D eigenvalue weighted by molar-refractivity contribution is 0.184. The summed E-state index contributed by atoms with van der Waals surface area (Å²) in [5.74, 6) is 2.10. The van der Waals surface area contributed by atoms with E-state index in [-0.39, 0.29) is 0 Å². The zero-order valence-corrected chi connectivity index (χ0v) is 15.4. The van der Waals surface area contributed by atoms with Gasteiger partial charge in [-0.25, -0.2) is 0 Å². The highest BCUT2D eigenvalue weighted by Crippen LogP contribution is 2.39. The molecule has 7 heteroatoms. The summed E-state index contributed by atoms with van der Waals surface area (Å²) in [6.07, 6.45) is 0. The zero-order valence-electron chi connectivity index (χ0n) is 14.6. The number of anilines is 1. The second-order valence-corrected chi connectivity index (χ2v) is 6.25. The third kappa shape index (κ3) is 3.52. The van der Waals surface area contributed by atoms with E-state index in [0.717, 1.165) is 32.9 Å². The molecule has 6 nitrogen and oxygen atoms in total. The quantitative estimate of drug-likeness (QED) is 0.626. The van der Waals surface area contributed by atoms with Gasteiger partial charge in [-0.05, 0) is 54.3 Å². The number of aromatic nitrogens is 1. The van der Waals surface area contributed by atoms with Crippen molar-refractivity contribution in [2.75, 3.05) is 26.1 Å². The average Bonchev–Trinajstić information content (AvgIpc) is 3.01. The first-order valence-corrected chi connectivity index (χ1v) is 8.51. The molecule has 0 aliphatic rings. The van der Waals surface area contributed by atoms with Crippen molar-refractivity contribution < 1.29 is 18.7 Å². The summed E-state index contributed by atoms with van der Waals surface area (Å²) in [5, 5.41) is 5.05. The Morgan fingerprint density at radius 1 is 1.12 bits per heavy atom. The van der Waals surface area contributed by atoms with Crippen molar-refractivity contribution in [2.24, 2.45) is 0 Å². The van der Waals surface area contributed by atoms with Crippen LogP contribution in [-0.2, 0) is 11.3 Å². The van der Waals surface area contributed by atoms with Crippen molar-refractivity contribution >= 4 is 28.7 Å². The van der Waals surface area contributed by atoms with Gasteiger partial charge in [0.1, 0.15) is 16.4 Å². The minimum absolute atomic E-state index is 0.540. The van der Waals surface area contributed by atoms with E-state index in [4.69, 9.17) is 18.7 Å². The van der Waals surface area contributed by atoms with Crippen LogP contribution in [0.3, 0.4) is 0 Å². The Hall–Kier alpha value is -2.38. The van der Waals surface area contributed by atoms with Gasteiger partial charge in [0.2, 0.25) is 0 Å². The van der Waals surface area contributed by atoms with Crippen molar-refractivity contribution in [2.45, 2.75) is 18.4 Å². The summed E-state index contributed by atoms with van der Waals surface area (Å²) in [4.78, 5) is 0.844. The molecule has 0 spiro atoms. The zero-order chi connectivity index (χ0) is 17.8. The molecule has 0 amide bonds. The number of ether oxygens (including phenoxy) is 3. The minimum Gasteiger partial charge on any atom is -0.495 e. The number of aryl methyl sites for hydroxylation is 1. The molecular formula is C18H20N2O4S. The third-order valence-corrected chi connectivity index (χ3v) is 4.76. The summed E-state index contributed by atoms with van der Waals surface area (Å²) in [6.45, 7) is 2.58. The molecule has 1 N–H and O–H groups in total. The highest BCUT2D eigenvalue weighted by molar-refractivity contribution is 8.00. The lowest BCUT2D eigenvalue weighted by Crippen LogP contribution is -1.95. The van der Waals surface area contributed by atoms with Gasteiger partial charge >= 0.3 is 0 Å². The van der Waals surface area contributed by atoms with Gasteiger partial charge in [0.05, 0.1) is 26.2 Å². The van der Waals surface area contributed by atoms with E-state index in [2.05, 4.69) is 9.88 Å². The molecule has 0 aliphatic heterocycles. The lowest BCUT2D eigenvalue weighted by Gasteiger charge is -2.12. The van der Waals surface area contributed by atoms with Crippen LogP contribution in [0.15, 0.2) is 39.8 Å². The molecule has 0 unspecified atom stereocenters. The fourth-order valence-electron chi connectivity index (χ4n) is 2.54. The van der Waals surface area contributed by atoms with E-state index in [9.17, 15) is 0 Å². The van der Waals surface area contributed by atoms with Crippen LogP contribution in [-0.4, -0.2) is 26.5 Å². The molecule has 0 saturated carbocycles. The number of hydrogen-bond acceptors (Lipinski definition) is 7. The second kappa shape index (κ2) is 7.67. The largest absolute Gasteiger partial charge is 0.495 e. The Morgan fingerprint density at radius 3 is 2.48 bits per heavy atom. The number of fused-ring (bicyclic) bond motifs is 1. The van der Waals surface area contributed by atoms with Gasteiger partial charge in [-0.3, -0.25) is 0 Å². The molecule has 1 aromatic heterocycles. The van der Waals surface area contributed by atoms with Gasteiger partial charge in [-0.2, -0.15) is 0 Å². The van der Waals surface area contributed by atoms with E-state index in [1.54, 1.807) is 21.3 Å². The number of nitrogens with zero attached hydrogens (tertiary/aromatic N) is 1. The van der Waals surface area contributed by atoms with Gasteiger partial charge in [-0.1, -0.05) is 11.2 Å². The standard InChI is InChI=1S/C18H20N2O4S/c1-11-8-13-16(9-12(11)10-21-2)24-19-18(13)20-25-17-14(22-3)6-5-7-15(17)23-4/h5-9H,10H2,1-4H3,(H,19,20). The molecule has 0 aliphatic carbocycles. The highest BCUT2D eigenvalue weighted by atomic mass is 32.2. The molecule has 1 heterocycles. The van der Waals surface area contributed by atoms with Gasteiger partial charge < -0.3 is 23.5 Å². The van der Waals surface area contributed by atoms with Crippen molar-refractivity contribution in [1.82, 2.24) is 5.16 Å². The van der Waals surface area contributed by atoms with Crippen LogP contribution in [0.5, 0.6) is 11.5 Å². The SMILES string of the molecule is COCc1cc2onc(NSc3c(OC)cccc3OC)c2cc1C. The van der Waals surface area contributed by atoms with E-state index in [1.165, 1.54) is 11.9 Å². The van der Waals surface area contributed by atoms with Crippen LogP contribution < -0.4 is 14.2 Å². The fraction of sp³-hybridized carbons (Fsp3) is 0.278. The van der Waals surface area contributed by atoms with E-state index < -0.39 is 0 Å². The predicted octanol–water partition coefficient (Wildman–Crippen LogP) is 4.42. The van der Waals surface area contributed by atoms with Gasteiger partial charge in [-0.15, -0.1) is 0 Å². The monoisotopic (exact) mass is 360 g/mol. The maximum atomic E-state index is 5.45. The Balaban J connectivity index is 1.88. The van der Waals surface area contributed by atoms with Crippen molar-refractivity contribution in [3.8, 4) is 11.5 Å². The molecule has 0 atom stereocenters. The van der Waals surface area contributed by atoms with Gasteiger partial charge in [0.25, 0.3) is 0 Å². The Labute approximate surface area is 150 Å². The normalized spacial score (nSPS) is 10.9. The van der Waals surface area contributed by atoms with E-state index >= 15 is 0 Å². The lowest BCUT2D eigenvalue weighted by atomic mass is 10.1. The van der Waals surface area contributed by atoms with Crippen LogP contribution in [0.25, 0.3) is 11.0 Å². The molecule has 0 saturated heterocycles. The molecule has 3 aromatic rings. The summed E-state index contributed by atoms with van der Waals surface area (Å²) < 4.78 is 24.7. The fourth-order valence-corrected chi connectivity index (χ4v) is 3.39. The average molecular weight is 360 g/mol. The van der Waals surface area contributed by atoms with Crippen molar-refractivity contribution in [1.29, 1.82) is 0 Å². The van der Waals surface area contributed by atoms with Crippen molar-refractivity contribution in [3.63, 3.8) is 0 Å². The molecule has 132 valence electrons. The third-order valence-electron chi connectivity index (χ3n) is 3.86. The first kappa shape index (κ1) is 17.4. The Morgan fingerprint density at radius 2 is 1.84 bits per heavy atom. The molecule has 3 rings (SSSR count). The molecule has 0 fully saturated rings. The van der Waals surface area contributed by atoms with Crippen LogP contribution in [0.2, 0.25) is 0 Å². The summed E-state index contributed by atoms with van der Waals surface area (Å²) in [6, 6.07) is 9.65. The maximum absolute atomic E-state index is 5.45. The van der Waals surface area contributed by atoms with Crippen LogP contribution >= 0.6 is 11.9 Å². The number of methoxy groups -OCH3 is 3. The topological polar surface area (TPSA) is 65.8 Å². The first-order chi connectivity index (χ1) is 12.2. The summed E-state index contributed by atoms with van der Waals surface area (Å²) in [7, 11) is 4.93. The van der Waals surface area contributed by atoms with Crippen molar-refractivity contribution in [3.05, 3.63) is 41.5 Å². The first-order valence-electron chi connectivity index (χ1n) is 7.69.